The molecule has 3 rings (SSSR count). The minimum Gasteiger partial charge on any atom is -0.375 e. The molecular weight excluding hydrogens is 352 g/mol. The minimum absolute atomic E-state index is 0.0386. The number of amides is 2. The zero-order chi connectivity index (χ0) is 18.5. The second kappa shape index (κ2) is 8.34. The van der Waals surface area contributed by atoms with Crippen molar-refractivity contribution < 1.29 is 14.3 Å². The van der Waals surface area contributed by atoms with Gasteiger partial charge in [0.1, 0.15) is 12.6 Å². The van der Waals surface area contributed by atoms with Gasteiger partial charge in [0, 0.05) is 25.2 Å². The number of benzene rings is 2. The Balaban J connectivity index is 1.80. The van der Waals surface area contributed by atoms with Gasteiger partial charge in [-0.2, -0.15) is 0 Å². The summed E-state index contributed by atoms with van der Waals surface area (Å²) in [6, 6.07) is 14.4. The summed E-state index contributed by atoms with van der Waals surface area (Å²) < 4.78 is 4.98. The maximum atomic E-state index is 12.9. The molecular formula is C20H21ClN2O3. The SMILES string of the molecule is COCC(=O)N1CCc2ccccc2C1C(=O)NCc1ccc(Cl)cc1. The Morgan fingerprint density at radius 1 is 1.19 bits per heavy atom. The van der Waals surface area contributed by atoms with Gasteiger partial charge in [0.25, 0.3) is 0 Å². The number of rotatable bonds is 5. The van der Waals surface area contributed by atoms with Crippen molar-refractivity contribution in [3.05, 3.63) is 70.2 Å². The first-order valence-corrected chi connectivity index (χ1v) is 8.86. The summed E-state index contributed by atoms with van der Waals surface area (Å²) in [4.78, 5) is 27.0. The summed E-state index contributed by atoms with van der Waals surface area (Å²) in [5, 5.41) is 3.59. The molecule has 0 radical (unpaired) electrons. The van der Waals surface area contributed by atoms with Crippen LogP contribution >= 0.6 is 11.6 Å². The van der Waals surface area contributed by atoms with Crippen LogP contribution in [0.3, 0.4) is 0 Å². The van der Waals surface area contributed by atoms with Crippen LogP contribution in [0.5, 0.6) is 0 Å². The molecule has 1 aliphatic heterocycles. The molecule has 0 saturated heterocycles. The summed E-state index contributed by atoms with van der Waals surface area (Å²) >= 11 is 5.89. The Morgan fingerprint density at radius 2 is 1.92 bits per heavy atom. The molecule has 1 atom stereocenters. The summed E-state index contributed by atoms with van der Waals surface area (Å²) in [6.45, 7) is 0.836. The van der Waals surface area contributed by atoms with E-state index in [1.807, 2.05) is 36.4 Å². The van der Waals surface area contributed by atoms with Gasteiger partial charge in [-0.15, -0.1) is 0 Å². The van der Waals surface area contributed by atoms with Crippen LogP contribution in [-0.2, 0) is 27.3 Å². The third-order valence-corrected chi connectivity index (χ3v) is 4.75. The lowest BCUT2D eigenvalue weighted by atomic mass is 9.92. The number of nitrogens with zero attached hydrogens (tertiary/aromatic N) is 1. The molecule has 0 aliphatic carbocycles. The number of hydrogen-bond acceptors (Lipinski definition) is 3. The van der Waals surface area contributed by atoms with Crippen molar-refractivity contribution >= 4 is 23.4 Å². The van der Waals surface area contributed by atoms with Crippen LogP contribution in [0.2, 0.25) is 5.02 Å². The minimum atomic E-state index is -0.644. The van der Waals surface area contributed by atoms with Crippen LogP contribution in [0, 0.1) is 0 Å². The highest BCUT2D eigenvalue weighted by Crippen LogP contribution is 2.30. The lowest BCUT2D eigenvalue weighted by Crippen LogP contribution is -2.48. The fraction of sp³-hybridized carbons (Fsp3) is 0.300. The summed E-state index contributed by atoms with van der Waals surface area (Å²) in [6.07, 6.45) is 0.729. The molecule has 2 amide bonds. The van der Waals surface area contributed by atoms with Gasteiger partial charge in [-0.3, -0.25) is 9.59 Å². The van der Waals surface area contributed by atoms with Crippen LogP contribution in [0.4, 0.5) is 0 Å². The number of nitrogens with one attached hydrogen (secondary N) is 1. The maximum absolute atomic E-state index is 12.9. The normalized spacial score (nSPS) is 16.1. The van der Waals surface area contributed by atoms with E-state index in [4.69, 9.17) is 16.3 Å². The van der Waals surface area contributed by atoms with Crippen molar-refractivity contribution in [3.63, 3.8) is 0 Å². The third kappa shape index (κ3) is 4.06. The Kier molecular flexibility index (Phi) is 5.91. The van der Waals surface area contributed by atoms with Crippen molar-refractivity contribution in [2.24, 2.45) is 0 Å². The monoisotopic (exact) mass is 372 g/mol. The van der Waals surface area contributed by atoms with Crippen molar-refractivity contribution in [1.29, 1.82) is 0 Å². The maximum Gasteiger partial charge on any atom is 0.249 e. The fourth-order valence-corrected chi connectivity index (χ4v) is 3.34. The second-order valence-electron chi connectivity index (χ2n) is 6.22. The fourth-order valence-electron chi connectivity index (χ4n) is 3.21. The highest BCUT2D eigenvalue weighted by molar-refractivity contribution is 6.30. The van der Waals surface area contributed by atoms with E-state index < -0.39 is 6.04 Å². The van der Waals surface area contributed by atoms with E-state index in [2.05, 4.69) is 5.32 Å². The molecule has 0 spiro atoms. The van der Waals surface area contributed by atoms with E-state index in [1.165, 1.54) is 7.11 Å². The molecule has 1 aliphatic rings. The number of methoxy groups -OCH3 is 1. The van der Waals surface area contributed by atoms with Gasteiger partial charge in [-0.05, 0) is 35.2 Å². The molecule has 0 fully saturated rings. The molecule has 0 saturated carbocycles. The molecule has 1 N–H and O–H groups in total. The number of carbonyl (C=O) groups is 2. The predicted molar refractivity (Wildman–Crippen MR) is 99.8 cm³/mol. The quantitative estimate of drug-likeness (QED) is 0.878. The zero-order valence-electron chi connectivity index (χ0n) is 14.6. The van der Waals surface area contributed by atoms with Gasteiger partial charge >= 0.3 is 0 Å². The van der Waals surface area contributed by atoms with Gasteiger partial charge < -0.3 is 15.0 Å². The van der Waals surface area contributed by atoms with E-state index in [1.54, 1.807) is 17.0 Å². The molecule has 2 aromatic carbocycles. The van der Waals surface area contributed by atoms with Crippen LogP contribution < -0.4 is 5.32 Å². The average Bonchev–Trinajstić information content (AvgIpc) is 2.66. The third-order valence-electron chi connectivity index (χ3n) is 4.50. The Hall–Kier alpha value is -2.37. The van der Waals surface area contributed by atoms with E-state index >= 15 is 0 Å². The molecule has 1 heterocycles. The Bertz CT molecular complexity index is 792. The van der Waals surface area contributed by atoms with Crippen molar-refractivity contribution in [1.82, 2.24) is 10.2 Å². The largest absolute Gasteiger partial charge is 0.375 e. The number of fused-ring (bicyclic) bond motifs is 1. The van der Waals surface area contributed by atoms with Crippen molar-refractivity contribution in [3.8, 4) is 0 Å². The van der Waals surface area contributed by atoms with E-state index in [9.17, 15) is 9.59 Å². The molecule has 0 bridgehead atoms. The van der Waals surface area contributed by atoms with Crippen molar-refractivity contribution in [2.75, 3.05) is 20.3 Å². The molecule has 0 aromatic heterocycles. The first-order valence-electron chi connectivity index (χ1n) is 8.48. The smallest absolute Gasteiger partial charge is 0.249 e. The number of halogens is 1. The summed E-state index contributed by atoms with van der Waals surface area (Å²) in [7, 11) is 1.48. The number of carbonyl (C=O) groups excluding carboxylic acids is 2. The Morgan fingerprint density at radius 3 is 2.65 bits per heavy atom. The summed E-state index contributed by atoms with van der Waals surface area (Å²) in [5.41, 5.74) is 2.92. The number of hydrogen-bond donors (Lipinski definition) is 1. The van der Waals surface area contributed by atoms with Gasteiger partial charge in [0.15, 0.2) is 0 Å². The predicted octanol–water partition coefficient (Wildman–Crippen LogP) is 2.73. The van der Waals surface area contributed by atoms with Crippen molar-refractivity contribution in [2.45, 2.75) is 19.0 Å². The lowest BCUT2D eigenvalue weighted by molar-refractivity contribution is -0.144. The zero-order valence-corrected chi connectivity index (χ0v) is 15.3. The average molecular weight is 373 g/mol. The second-order valence-corrected chi connectivity index (χ2v) is 6.65. The van der Waals surface area contributed by atoms with Crippen LogP contribution in [0.25, 0.3) is 0 Å². The van der Waals surface area contributed by atoms with Crippen LogP contribution in [-0.4, -0.2) is 37.0 Å². The lowest BCUT2D eigenvalue weighted by Gasteiger charge is -2.36. The molecule has 5 nitrogen and oxygen atoms in total. The van der Waals surface area contributed by atoms with E-state index in [-0.39, 0.29) is 18.4 Å². The highest BCUT2D eigenvalue weighted by Gasteiger charge is 2.35. The standard InChI is InChI=1S/C20H21ClN2O3/c1-26-13-18(24)23-11-10-15-4-2-3-5-17(15)19(23)20(25)22-12-14-6-8-16(21)9-7-14/h2-9,19H,10-13H2,1H3,(H,22,25). The molecule has 26 heavy (non-hydrogen) atoms. The Labute approximate surface area is 157 Å². The first-order chi connectivity index (χ1) is 12.6. The van der Waals surface area contributed by atoms with Gasteiger partial charge in [0.2, 0.25) is 11.8 Å². The molecule has 2 aromatic rings. The van der Waals surface area contributed by atoms with E-state index in [0.29, 0.717) is 18.1 Å². The molecule has 6 heteroatoms. The van der Waals surface area contributed by atoms with Gasteiger partial charge in [-0.25, -0.2) is 0 Å². The summed E-state index contributed by atoms with van der Waals surface area (Å²) in [5.74, 6) is -0.384. The molecule has 1 unspecified atom stereocenters. The highest BCUT2D eigenvalue weighted by atomic mass is 35.5. The van der Waals surface area contributed by atoms with Gasteiger partial charge in [0.05, 0.1) is 0 Å². The topological polar surface area (TPSA) is 58.6 Å². The van der Waals surface area contributed by atoms with Crippen LogP contribution in [0.15, 0.2) is 48.5 Å². The first kappa shape index (κ1) is 18.4. The number of ether oxygens (including phenoxy) is 1. The van der Waals surface area contributed by atoms with Crippen LogP contribution in [0.1, 0.15) is 22.7 Å². The van der Waals surface area contributed by atoms with E-state index in [0.717, 1.165) is 23.1 Å². The van der Waals surface area contributed by atoms with Gasteiger partial charge in [-0.1, -0.05) is 48.0 Å². The molecule has 136 valence electrons.